The lowest BCUT2D eigenvalue weighted by Gasteiger charge is -2.11. The van der Waals surface area contributed by atoms with Gasteiger partial charge in [0.1, 0.15) is 16.0 Å². The van der Waals surface area contributed by atoms with E-state index in [0.29, 0.717) is 52.6 Å². The lowest BCUT2D eigenvalue weighted by Crippen LogP contribution is -2.00. The van der Waals surface area contributed by atoms with E-state index in [2.05, 4.69) is 206 Å². The molecule has 0 N–H and O–H groups in total. The van der Waals surface area contributed by atoms with Crippen LogP contribution in [-0.2, 0) is 0 Å². The van der Waals surface area contributed by atoms with E-state index < -0.39 is 0 Å². The Morgan fingerprint density at radius 3 is 0.953 bits per heavy atom. The Hall–Kier alpha value is -17.3. The number of hydrogen-bond donors (Lipinski definition) is 0. The number of aromatic nitrogens is 11. The molecule has 0 fully saturated rings. The SMILES string of the molecule is c1ccc(-c2ccc(-c3cc(-c4ccccc4)nc(-c4ccc5c(ccc6ccc7oc(-c8ccccc8)nc7c65)c4)n3)cc2)cc1.c1ccc(-c2nc(-c3ccccc3)nc(-c3ccc4c(ccc5ccc6nc(-c7ccccc7)oc6c54)c3)n2)cc1.c1ccc(-c2nc(-c3ccccc3)nc(-c3ccc4c(ccc5ccc6nc(-c7ccccc7)sc6c54)c3)n2)cc1. The summed E-state index contributed by atoms with van der Waals surface area (Å²) in [7, 11) is 0. The van der Waals surface area contributed by atoms with E-state index in [1.54, 1.807) is 11.3 Å². The molecule has 0 unspecified atom stereocenters. The molecular weight excluding hydrogens is 1600 g/mol. The first kappa shape index (κ1) is 76.5. The first-order valence-corrected chi connectivity index (χ1v) is 43.5. The standard InChI is InChI=1S/C43H27N3O.C36H22N4O.C36H22N4S/c1-4-10-28(11-5-1)29-16-18-31(19-17-29)38-27-37(30-12-6-2-7-13-30)44-42(45-38)35-22-24-36-34(26-35)21-20-32-23-25-39-41(40(32)36)46-43(47-39)33-14-8-3-9-15-33;2*1-4-10-24(11-5-1)33-38-34(25-12-6-2-7-13-25)40-35(39-33)28-18-20-29-27(22-28)17-16-23-19-21-30-32(31(23)29)41-36(37-30)26-14-8-3-9-15-26/h1-27H;2*1-22H. The van der Waals surface area contributed by atoms with Crippen LogP contribution in [-0.4, -0.2) is 54.8 Å². The molecule has 0 saturated heterocycles. The number of hydrogen-bond acceptors (Lipinski definition) is 14. The number of fused-ring (bicyclic) bond motifs is 15. The van der Waals surface area contributed by atoms with Gasteiger partial charge in [-0.1, -0.05) is 364 Å². The van der Waals surface area contributed by atoms with Crippen LogP contribution in [0, 0.1) is 0 Å². The van der Waals surface area contributed by atoms with Crippen LogP contribution in [0.1, 0.15) is 0 Å². The summed E-state index contributed by atoms with van der Waals surface area (Å²) in [5, 5.41) is 14.5. The highest BCUT2D eigenvalue weighted by Crippen LogP contribution is 2.43. The van der Waals surface area contributed by atoms with Gasteiger partial charge in [0.25, 0.3) is 0 Å². The lowest BCUT2D eigenvalue weighted by atomic mass is 9.98. The quantitative estimate of drug-likeness (QED) is 0.100. The van der Waals surface area contributed by atoms with Gasteiger partial charge in [0.05, 0.1) is 21.6 Å². The number of benzene rings is 19. The summed E-state index contributed by atoms with van der Waals surface area (Å²) in [5.74, 6) is 5.81. The molecule has 0 amide bonds. The molecule has 0 spiro atoms. The molecule has 25 aromatic rings. The fraction of sp³-hybridized carbons (Fsp3) is 0. The fourth-order valence-corrected chi connectivity index (χ4v) is 18.1. The highest BCUT2D eigenvalue weighted by molar-refractivity contribution is 7.22. The van der Waals surface area contributed by atoms with Crippen molar-refractivity contribution in [1.29, 1.82) is 0 Å². The first-order chi connectivity index (χ1) is 63.9. The molecule has 6 aromatic heterocycles. The van der Waals surface area contributed by atoms with Crippen molar-refractivity contribution in [3.63, 3.8) is 0 Å². The molecule has 0 saturated carbocycles. The van der Waals surface area contributed by atoms with Crippen molar-refractivity contribution in [2.45, 2.75) is 0 Å². The molecule has 129 heavy (non-hydrogen) atoms. The minimum Gasteiger partial charge on any atom is -0.436 e. The molecule has 0 aliphatic rings. The molecular formula is C115H71N11O2S. The Morgan fingerprint density at radius 2 is 0.496 bits per heavy atom. The fourth-order valence-electron chi connectivity index (χ4n) is 17.0. The zero-order valence-electron chi connectivity index (χ0n) is 69.1. The molecule has 0 aliphatic carbocycles. The second-order valence-electron chi connectivity index (χ2n) is 31.5. The second kappa shape index (κ2) is 33.4. The second-order valence-corrected chi connectivity index (χ2v) is 32.5. The third kappa shape index (κ3) is 15.2. The lowest BCUT2D eigenvalue weighted by molar-refractivity contribution is 0.620. The van der Waals surface area contributed by atoms with Crippen molar-refractivity contribution in [3.05, 3.63) is 431 Å². The van der Waals surface area contributed by atoms with E-state index in [9.17, 15) is 0 Å². The molecule has 14 heteroatoms. The first-order valence-electron chi connectivity index (χ1n) is 42.7. The topological polar surface area (TPSA) is 168 Å². The van der Waals surface area contributed by atoms with Crippen molar-refractivity contribution in [2.75, 3.05) is 0 Å². The smallest absolute Gasteiger partial charge is 0.227 e. The summed E-state index contributed by atoms with van der Waals surface area (Å²) < 4.78 is 13.8. The summed E-state index contributed by atoms with van der Waals surface area (Å²) in [6, 6.07) is 147. The van der Waals surface area contributed by atoms with Crippen molar-refractivity contribution >= 4 is 108 Å². The number of rotatable bonds is 13. The minimum atomic E-state index is 0.619. The maximum Gasteiger partial charge on any atom is 0.227 e. The van der Waals surface area contributed by atoms with Crippen LogP contribution in [0.2, 0.25) is 0 Å². The number of thiazole rings is 1. The van der Waals surface area contributed by atoms with Gasteiger partial charge in [-0.2, -0.15) is 0 Å². The van der Waals surface area contributed by atoms with Crippen LogP contribution in [0.25, 0.3) is 244 Å². The van der Waals surface area contributed by atoms with Crippen LogP contribution in [0.3, 0.4) is 0 Å². The van der Waals surface area contributed by atoms with Crippen molar-refractivity contribution in [3.8, 4) is 147 Å². The Bertz CT molecular complexity index is 8080. The molecule has 13 nitrogen and oxygen atoms in total. The molecule has 0 radical (unpaired) electrons. The van der Waals surface area contributed by atoms with E-state index in [1.165, 1.54) is 32.0 Å². The molecule has 0 aliphatic heterocycles. The molecule has 0 bridgehead atoms. The van der Waals surface area contributed by atoms with Crippen LogP contribution in [0.5, 0.6) is 0 Å². The average molecular weight is 1670 g/mol. The van der Waals surface area contributed by atoms with E-state index in [0.717, 1.165) is 159 Å². The maximum absolute atomic E-state index is 6.38. The van der Waals surface area contributed by atoms with Gasteiger partial charge in [-0.25, -0.2) is 54.8 Å². The van der Waals surface area contributed by atoms with E-state index in [-0.39, 0.29) is 0 Å². The zero-order chi connectivity index (χ0) is 85.5. The molecule has 25 rings (SSSR count). The predicted molar refractivity (Wildman–Crippen MR) is 526 cm³/mol. The summed E-state index contributed by atoms with van der Waals surface area (Å²) >= 11 is 1.75. The van der Waals surface area contributed by atoms with Gasteiger partial charge in [-0.15, -0.1) is 11.3 Å². The molecule has 0 atom stereocenters. The van der Waals surface area contributed by atoms with E-state index >= 15 is 0 Å². The van der Waals surface area contributed by atoms with Crippen LogP contribution in [0.15, 0.2) is 440 Å². The van der Waals surface area contributed by atoms with Gasteiger partial charge in [0, 0.05) is 82.9 Å². The van der Waals surface area contributed by atoms with Gasteiger partial charge in [-0.3, -0.25) is 0 Å². The predicted octanol–water partition coefficient (Wildman–Crippen LogP) is 29.7. The normalized spacial score (nSPS) is 11.4. The molecule has 6 heterocycles. The number of oxazole rings is 2. The van der Waals surface area contributed by atoms with E-state index in [4.69, 9.17) is 63.7 Å². The minimum absolute atomic E-state index is 0.619. The molecule has 19 aromatic carbocycles. The van der Waals surface area contributed by atoms with E-state index in [1.807, 2.05) is 224 Å². The third-order valence-corrected chi connectivity index (χ3v) is 24.5. The summed E-state index contributed by atoms with van der Waals surface area (Å²) in [6.07, 6.45) is 0. The third-order valence-electron chi connectivity index (χ3n) is 23.4. The van der Waals surface area contributed by atoms with Gasteiger partial charge in [0.15, 0.2) is 51.9 Å². The van der Waals surface area contributed by atoms with Gasteiger partial charge < -0.3 is 8.83 Å². The molecule has 604 valence electrons. The van der Waals surface area contributed by atoms with Crippen LogP contribution < -0.4 is 0 Å². The maximum atomic E-state index is 6.38. The largest absolute Gasteiger partial charge is 0.436 e. The van der Waals surface area contributed by atoms with Gasteiger partial charge >= 0.3 is 0 Å². The average Bonchev–Trinajstić information content (AvgIpc) is 1.69. The highest BCUT2D eigenvalue weighted by Gasteiger charge is 2.22. The Kier molecular flexibility index (Phi) is 19.8. The van der Waals surface area contributed by atoms with Crippen LogP contribution >= 0.6 is 11.3 Å². The Balaban J connectivity index is 0.000000111. The van der Waals surface area contributed by atoms with Gasteiger partial charge in [-0.05, 0) is 126 Å². The monoisotopic (exact) mass is 1670 g/mol. The highest BCUT2D eigenvalue weighted by atomic mass is 32.1. The van der Waals surface area contributed by atoms with Crippen LogP contribution in [0.4, 0.5) is 0 Å². The summed E-state index contributed by atoms with van der Waals surface area (Å²) in [5.41, 5.74) is 20.2. The zero-order valence-corrected chi connectivity index (χ0v) is 70.0. The van der Waals surface area contributed by atoms with Crippen molar-refractivity contribution < 1.29 is 8.83 Å². The summed E-state index contributed by atoms with van der Waals surface area (Å²) in [4.78, 5) is 54.2. The summed E-state index contributed by atoms with van der Waals surface area (Å²) in [6.45, 7) is 0. The Morgan fingerprint density at radius 1 is 0.186 bits per heavy atom. The van der Waals surface area contributed by atoms with Crippen molar-refractivity contribution in [2.24, 2.45) is 0 Å². The van der Waals surface area contributed by atoms with Gasteiger partial charge in [0.2, 0.25) is 11.8 Å². The van der Waals surface area contributed by atoms with Crippen molar-refractivity contribution in [1.82, 2.24) is 54.8 Å². The Labute approximate surface area is 744 Å². The number of nitrogens with zero attached hydrogens (tertiary/aromatic N) is 11.